The van der Waals surface area contributed by atoms with E-state index in [0.29, 0.717) is 22.2 Å². The van der Waals surface area contributed by atoms with E-state index in [1.807, 2.05) is 0 Å². The molecule has 1 aromatic rings. The number of hydrogen-bond acceptors (Lipinski definition) is 5. The minimum absolute atomic E-state index is 0.0682. The summed E-state index contributed by atoms with van der Waals surface area (Å²) in [5.41, 5.74) is 0.473. The van der Waals surface area contributed by atoms with E-state index in [2.05, 4.69) is 15.9 Å². The van der Waals surface area contributed by atoms with Crippen LogP contribution in [-0.2, 0) is 11.3 Å². The van der Waals surface area contributed by atoms with E-state index in [4.69, 9.17) is 0 Å². The molecule has 2 rings (SSSR count). The standard InChI is InChI=1S/C11H9BrN2O4S/c12-8-2-1-7(5-9(8)14(17)18)6-13-10(15)3-4-19-11(13)16/h1-2,5H,3-4,6H2. The lowest BCUT2D eigenvalue weighted by Crippen LogP contribution is -2.37. The van der Waals surface area contributed by atoms with Gasteiger partial charge in [0.15, 0.2) is 0 Å². The Kier molecular flexibility index (Phi) is 4.20. The number of imide groups is 1. The number of amides is 2. The molecule has 8 heteroatoms. The zero-order valence-electron chi connectivity index (χ0n) is 9.67. The largest absolute Gasteiger partial charge is 0.288 e. The Morgan fingerprint density at radius 3 is 2.79 bits per heavy atom. The molecule has 0 unspecified atom stereocenters. The van der Waals surface area contributed by atoms with E-state index in [9.17, 15) is 19.7 Å². The van der Waals surface area contributed by atoms with Crippen molar-refractivity contribution in [3.05, 3.63) is 38.3 Å². The minimum atomic E-state index is -0.512. The molecule has 0 N–H and O–H groups in total. The van der Waals surface area contributed by atoms with Gasteiger partial charge in [0, 0.05) is 18.2 Å². The van der Waals surface area contributed by atoms with E-state index in [-0.39, 0.29) is 23.4 Å². The number of thioether (sulfide) groups is 1. The third kappa shape index (κ3) is 3.13. The Balaban J connectivity index is 2.23. The molecule has 0 atom stereocenters. The quantitative estimate of drug-likeness (QED) is 0.622. The Labute approximate surface area is 121 Å². The fraction of sp³-hybridized carbons (Fsp3) is 0.273. The molecule has 0 radical (unpaired) electrons. The summed E-state index contributed by atoms with van der Waals surface area (Å²) in [5, 5.41) is 10.5. The van der Waals surface area contributed by atoms with Gasteiger partial charge in [-0.25, -0.2) is 0 Å². The summed E-state index contributed by atoms with van der Waals surface area (Å²) >= 11 is 4.17. The van der Waals surface area contributed by atoms with Gasteiger partial charge < -0.3 is 0 Å². The summed E-state index contributed by atoms with van der Waals surface area (Å²) in [7, 11) is 0. The van der Waals surface area contributed by atoms with Crippen LogP contribution in [0.15, 0.2) is 22.7 Å². The smallest absolute Gasteiger partial charge is 0.274 e. The zero-order chi connectivity index (χ0) is 14.0. The molecule has 0 aliphatic carbocycles. The molecule has 0 saturated carbocycles. The van der Waals surface area contributed by atoms with Crippen molar-refractivity contribution in [3.8, 4) is 0 Å². The molecule has 0 spiro atoms. The monoisotopic (exact) mass is 344 g/mol. The van der Waals surface area contributed by atoms with Crippen LogP contribution in [0.2, 0.25) is 0 Å². The number of carbonyl (C=O) groups excluding carboxylic acids is 2. The highest BCUT2D eigenvalue weighted by Crippen LogP contribution is 2.27. The van der Waals surface area contributed by atoms with Crippen LogP contribution in [0.5, 0.6) is 0 Å². The molecule has 100 valence electrons. The molecule has 2 amide bonds. The maximum Gasteiger partial charge on any atom is 0.288 e. The predicted molar refractivity (Wildman–Crippen MR) is 73.8 cm³/mol. The van der Waals surface area contributed by atoms with Crippen molar-refractivity contribution in [2.24, 2.45) is 0 Å². The van der Waals surface area contributed by atoms with Crippen molar-refractivity contribution in [2.45, 2.75) is 13.0 Å². The normalized spacial score (nSPS) is 15.7. The third-order valence-electron chi connectivity index (χ3n) is 2.61. The van der Waals surface area contributed by atoms with E-state index >= 15 is 0 Å². The molecule has 1 aliphatic rings. The summed E-state index contributed by atoms with van der Waals surface area (Å²) in [6.45, 7) is 0.0682. The van der Waals surface area contributed by atoms with E-state index in [1.54, 1.807) is 12.1 Å². The van der Waals surface area contributed by atoms with Crippen molar-refractivity contribution in [1.29, 1.82) is 0 Å². The first-order chi connectivity index (χ1) is 8.99. The molecule has 1 aromatic carbocycles. The molecule has 1 aliphatic heterocycles. The number of rotatable bonds is 3. The van der Waals surface area contributed by atoms with Gasteiger partial charge in [-0.05, 0) is 27.6 Å². The van der Waals surface area contributed by atoms with Crippen LogP contribution in [0.1, 0.15) is 12.0 Å². The Bertz CT molecular complexity index is 548. The van der Waals surface area contributed by atoms with Gasteiger partial charge in [0.1, 0.15) is 0 Å². The number of nitrogens with zero attached hydrogens (tertiary/aromatic N) is 2. The topological polar surface area (TPSA) is 80.5 Å². The third-order valence-corrected chi connectivity index (χ3v) is 4.16. The van der Waals surface area contributed by atoms with Crippen LogP contribution in [0, 0.1) is 10.1 Å². The zero-order valence-corrected chi connectivity index (χ0v) is 12.1. The molecule has 19 heavy (non-hydrogen) atoms. The average molecular weight is 345 g/mol. The van der Waals surface area contributed by atoms with Gasteiger partial charge in [-0.15, -0.1) is 0 Å². The van der Waals surface area contributed by atoms with Gasteiger partial charge >= 0.3 is 0 Å². The first-order valence-corrected chi connectivity index (χ1v) is 7.17. The number of nitro groups is 1. The maximum atomic E-state index is 11.6. The van der Waals surface area contributed by atoms with Gasteiger partial charge in [0.05, 0.1) is 15.9 Å². The van der Waals surface area contributed by atoms with Crippen LogP contribution in [0.4, 0.5) is 10.5 Å². The summed E-state index contributed by atoms with van der Waals surface area (Å²) in [4.78, 5) is 34.7. The molecule has 1 heterocycles. The van der Waals surface area contributed by atoms with Crippen molar-refractivity contribution in [1.82, 2.24) is 4.90 Å². The van der Waals surface area contributed by atoms with E-state index in [0.717, 1.165) is 16.7 Å². The highest BCUT2D eigenvalue weighted by Gasteiger charge is 2.27. The Hall–Kier alpha value is -1.41. The van der Waals surface area contributed by atoms with E-state index in [1.165, 1.54) is 6.07 Å². The molecular weight excluding hydrogens is 336 g/mol. The van der Waals surface area contributed by atoms with Crippen molar-refractivity contribution in [2.75, 3.05) is 5.75 Å². The SMILES string of the molecule is O=C1CCSC(=O)N1Cc1ccc(Br)c([N+](=O)[O-])c1. The van der Waals surface area contributed by atoms with Crippen molar-refractivity contribution < 1.29 is 14.5 Å². The summed E-state index contributed by atoms with van der Waals surface area (Å²) in [6, 6.07) is 4.56. The minimum Gasteiger partial charge on any atom is -0.274 e. The molecule has 0 bridgehead atoms. The van der Waals surface area contributed by atoms with Gasteiger partial charge in [-0.2, -0.15) is 0 Å². The molecule has 0 aromatic heterocycles. The molecule has 1 fully saturated rings. The Morgan fingerprint density at radius 1 is 1.42 bits per heavy atom. The first kappa shape index (κ1) is 14.0. The molecule has 1 saturated heterocycles. The summed E-state index contributed by atoms with van der Waals surface area (Å²) < 4.78 is 0.368. The predicted octanol–water partition coefficient (Wildman–Crippen LogP) is 2.94. The van der Waals surface area contributed by atoms with Gasteiger partial charge in [-0.1, -0.05) is 17.8 Å². The molecule has 6 nitrogen and oxygen atoms in total. The number of nitro benzene ring substituents is 1. The van der Waals surface area contributed by atoms with Gasteiger partial charge in [0.2, 0.25) is 5.91 Å². The number of hydrogen-bond donors (Lipinski definition) is 0. The highest BCUT2D eigenvalue weighted by atomic mass is 79.9. The summed E-state index contributed by atoms with van der Waals surface area (Å²) in [6.07, 6.45) is 0.315. The fourth-order valence-corrected chi connectivity index (χ4v) is 2.84. The highest BCUT2D eigenvalue weighted by molar-refractivity contribution is 9.10. The van der Waals surface area contributed by atoms with Crippen molar-refractivity contribution in [3.63, 3.8) is 0 Å². The lowest BCUT2D eigenvalue weighted by Gasteiger charge is -2.24. The lowest BCUT2D eigenvalue weighted by molar-refractivity contribution is -0.385. The van der Waals surface area contributed by atoms with E-state index < -0.39 is 4.92 Å². The summed E-state index contributed by atoms with van der Waals surface area (Å²) in [5.74, 6) is 0.253. The molecular formula is C11H9BrN2O4S. The fourth-order valence-electron chi connectivity index (χ4n) is 1.67. The number of halogens is 1. The second-order valence-corrected chi connectivity index (χ2v) is 5.79. The second-order valence-electron chi connectivity index (χ2n) is 3.89. The van der Waals surface area contributed by atoms with Crippen molar-refractivity contribution >= 4 is 44.5 Å². The number of benzene rings is 1. The van der Waals surface area contributed by atoms with Crippen LogP contribution < -0.4 is 0 Å². The van der Waals surface area contributed by atoms with Crippen LogP contribution >= 0.6 is 27.7 Å². The van der Waals surface area contributed by atoms with Crippen LogP contribution in [0.3, 0.4) is 0 Å². The Morgan fingerprint density at radius 2 is 2.16 bits per heavy atom. The number of carbonyl (C=O) groups is 2. The van der Waals surface area contributed by atoms with Gasteiger partial charge in [0.25, 0.3) is 10.9 Å². The van der Waals surface area contributed by atoms with Crippen LogP contribution in [-0.4, -0.2) is 26.7 Å². The first-order valence-electron chi connectivity index (χ1n) is 5.39. The lowest BCUT2D eigenvalue weighted by atomic mass is 10.2. The second kappa shape index (κ2) is 5.70. The van der Waals surface area contributed by atoms with Gasteiger partial charge in [-0.3, -0.25) is 24.6 Å². The van der Waals surface area contributed by atoms with Crippen LogP contribution in [0.25, 0.3) is 0 Å². The average Bonchev–Trinajstić information content (AvgIpc) is 2.35. The maximum absolute atomic E-state index is 11.6.